The summed E-state index contributed by atoms with van der Waals surface area (Å²) < 4.78 is 13.0. The van der Waals surface area contributed by atoms with Gasteiger partial charge in [-0.15, -0.1) is 0 Å². The van der Waals surface area contributed by atoms with Gasteiger partial charge in [0.2, 0.25) is 0 Å². The van der Waals surface area contributed by atoms with Crippen molar-refractivity contribution in [3.05, 3.63) is 30.5 Å². The molecule has 0 radical (unpaired) electrons. The van der Waals surface area contributed by atoms with E-state index >= 15 is 0 Å². The van der Waals surface area contributed by atoms with Crippen molar-refractivity contribution in [2.45, 2.75) is 19.9 Å². The van der Waals surface area contributed by atoms with Gasteiger partial charge in [-0.05, 0) is 26.0 Å². The minimum absolute atomic E-state index is 0.0152. The van der Waals surface area contributed by atoms with E-state index in [1.54, 1.807) is 17.8 Å². The molecule has 3 heterocycles. The lowest BCUT2D eigenvalue weighted by Crippen LogP contribution is -2.34. The van der Waals surface area contributed by atoms with Crippen molar-refractivity contribution in [1.82, 2.24) is 19.9 Å². The summed E-state index contributed by atoms with van der Waals surface area (Å²) in [5.74, 6) is 2.61. The van der Waals surface area contributed by atoms with Crippen LogP contribution in [0.4, 0.5) is 27.8 Å². The van der Waals surface area contributed by atoms with Gasteiger partial charge in [0.05, 0.1) is 11.9 Å². The number of aromatic nitrogens is 3. The topological polar surface area (TPSA) is 114 Å². The number of carbonyl (C=O) groups is 1. The van der Waals surface area contributed by atoms with Gasteiger partial charge in [-0.2, -0.15) is 9.61 Å². The predicted molar refractivity (Wildman–Crippen MR) is 111 cm³/mol. The van der Waals surface area contributed by atoms with Crippen LogP contribution in [0.2, 0.25) is 0 Å². The Labute approximate surface area is 167 Å². The Hall–Kier alpha value is -3.69. The Morgan fingerprint density at radius 2 is 2.03 bits per heavy atom. The first kappa shape index (κ1) is 18.7. The summed E-state index contributed by atoms with van der Waals surface area (Å²) >= 11 is 0. The fourth-order valence-electron chi connectivity index (χ4n) is 3.02. The van der Waals surface area contributed by atoms with E-state index in [2.05, 4.69) is 31.3 Å². The lowest BCUT2D eigenvalue weighted by molar-refractivity contribution is 0.172. The van der Waals surface area contributed by atoms with E-state index < -0.39 is 0 Å². The average molecular weight is 397 g/mol. The highest BCUT2D eigenvalue weighted by molar-refractivity contribution is 5.93. The molecule has 1 aliphatic heterocycles. The number of para-hydroxylation sites is 1. The molecule has 0 aliphatic carbocycles. The third kappa shape index (κ3) is 3.82. The summed E-state index contributed by atoms with van der Waals surface area (Å²) in [5, 5.41) is 16.3. The van der Waals surface area contributed by atoms with Crippen molar-refractivity contribution in [2.75, 3.05) is 36.2 Å². The number of carbonyl (C=O) groups excluding carboxylic acids is 1. The summed E-state index contributed by atoms with van der Waals surface area (Å²) in [7, 11) is 1.79. The maximum absolute atomic E-state index is 12.1. The van der Waals surface area contributed by atoms with Gasteiger partial charge in [-0.3, -0.25) is 0 Å². The number of ether oxygens (including phenoxy) is 2. The van der Waals surface area contributed by atoms with Crippen LogP contribution in [0.25, 0.3) is 5.65 Å². The van der Waals surface area contributed by atoms with Crippen LogP contribution in [0.5, 0.6) is 11.5 Å². The van der Waals surface area contributed by atoms with Crippen molar-refractivity contribution >= 4 is 34.7 Å². The minimum atomic E-state index is -0.316. The summed E-state index contributed by atoms with van der Waals surface area (Å²) in [6, 6.07) is 7.16. The second kappa shape index (κ2) is 7.74. The number of benzene rings is 1. The molecule has 29 heavy (non-hydrogen) atoms. The molecule has 10 nitrogen and oxygen atoms in total. The molecule has 0 saturated carbocycles. The Bertz CT molecular complexity index is 1050. The van der Waals surface area contributed by atoms with Crippen molar-refractivity contribution in [3.63, 3.8) is 0 Å². The summed E-state index contributed by atoms with van der Waals surface area (Å²) in [4.78, 5) is 16.7. The SMILES string of the molecule is CNc1cc(Nc2cccc3c2OCCO3)nc2c(NC(=O)NC(C)C)cnn12. The number of hydrogen-bond donors (Lipinski definition) is 4. The van der Waals surface area contributed by atoms with Gasteiger partial charge >= 0.3 is 6.03 Å². The molecule has 0 bridgehead atoms. The molecule has 1 aromatic carbocycles. The zero-order chi connectivity index (χ0) is 20.4. The predicted octanol–water partition coefficient (Wildman–Crippen LogP) is 2.82. The molecule has 2 amide bonds. The maximum atomic E-state index is 12.1. The highest BCUT2D eigenvalue weighted by atomic mass is 16.6. The second-order valence-electron chi connectivity index (χ2n) is 6.78. The van der Waals surface area contributed by atoms with Gasteiger partial charge < -0.3 is 30.7 Å². The molecular weight excluding hydrogens is 374 g/mol. The van der Waals surface area contributed by atoms with Crippen molar-refractivity contribution in [3.8, 4) is 11.5 Å². The van der Waals surface area contributed by atoms with Crippen LogP contribution in [0.15, 0.2) is 30.5 Å². The number of urea groups is 1. The highest BCUT2D eigenvalue weighted by Gasteiger charge is 2.18. The fraction of sp³-hybridized carbons (Fsp3) is 0.316. The van der Waals surface area contributed by atoms with E-state index in [4.69, 9.17) is 9.47 Å². The van der Waals surface area contributed by atoms with E-state index in [1.807, 2.05) is 38.1 Å². The number of hydrogen-bond acceptors (Lipinski definition) is 7. The number of anilines is 4. The summed E-state index contributed by atoms with van der Waals surface area (Å²) in [6.07, 6.45) is 1.56. The number of fused-ring (bicyclic) bond motifs is 2. The highest BCUT2D eigenvalue weighted by Crippen LogP contribution is 2.38. The molecule has 152 valence electrons. The molecule has 0 atom stereocenters. The normalized spacial score (nSPS) is 12.7. The largest absolute Gasteiger partial charge is 0.486 e. The van der Waals surface area contributed by atoms with Gasteiger partial charge in [0.1, 0.15) is 30.5 Å². The third-order valence-electron chi connectivity index (χ3n) is 4.22. The molecule has 0 fully saturated rings. The molecule has 1 aliphatic rings. The first-order valence-corrected chi connectivity index (χ1v) is 9.35. The first-order chi connectivity index (χ1) is 14.0. The smallest absolute Gasteiger partial charge is 0.319 e. The van der Waals surface area contributed by atoms with Crippen LogP contribution in [-0.4, -0.2) is 46.9 Å². The molecule has 2 aromatic heterocycles. The minimum Gasteiger partial charge on any atom is -0.486 e. The van der Waals surface area contributed by atoms with E-state index in [-0.39, 0.29) is 12.1 Å². The maximum Gasteiger partial charge on any atom is 0.319 e. The molecule has 4 N–H and O–H groups in total. The fourth-order valence-corrected chi connectivity index (χ4v) is 3.02. The van der Waals surface area contributed by atoms with Crippen molar-refractivity contribution in [2.24, 2.45) is 0 Å². The lowest BCUT2D eigenvalue weighted by atomic mass is 10.2. The van der Waals surface area contributed by atoms with Gasteiger partial charge in [-0.1, -0.05) is 6.07 Å². The number of rotatable bonds is 5. The van der Waals surface area contributed by atoms with Crippen LogP contribution in [0, 0.1) is 0 Å². The quantitative estimate of drug-likeness (QED) is 0.523. The summed E-state index contributed by atoms with van der Waals surface area (Å²) in [5.41, 5.74) is 1.74. The molecule has 0 spiro atoms. The summed E-state index contributed by atoms with van der Waals surface area (Å²) in [6.45, 7) is 4.79. The van der Waals surface area contributed by atoms with Gasteiger partial charge in [0.15, 0.2) is 17.1 Å². The monoisotopic (exact) mass is 397 g/mol. The van der Waals surface area contributed by atoms with Gasteiger partial charge in [0, 0.05) is 19.2 Å². The Morgan fingerprint density at radius 1 is 1.21 bits per heavy atom. The number of amides is 2. The van der Waals surface area contributed by atoms with Crippen molar-refractivity contribution < 1.29 is 14.3 Å². The van der Waals surface area contributed by atoms with E-state index in [0.717, 1.165) is 5.69 Å². The van der Waals surface area contributed by atoms with Crippen LogP contribution in [0.3, 0.4) is 0 Å². The zero-order valence-electron chi connectivity index (χ0n) is 16.4. The van der Waals surface area contributed by atoms with Crippen LogP contribution in [0.1, 0.15) is 13.8 Å². The van der Waals surface area contributed by atoms with E-state index in [9.17, 15) is 4.79 Å². The average Bonchev–Trinajstić information content (AvgIpc) is 3.09. The molecule has 10 heteroatoms. The molecule has 0 unspecified atom stereocenters. The van der Waals surface area contributed by atoms with Crippen LogP contribution >= 0.6 is 0 Å². The van der Waals surface area contributed by atoms with Gasteiger partial charge in [0.25, 0.3) is 0 Å². The second-order valence-corrected chi connectivity index (χ2v) is 6.78. The third-order valence-corrected chi connectivity index (χ3v) is 4.22. The standard InChI is InChI=1S/C19H23N7O3/c1-11(2)22-19(27)24-13-10-21-26-16(20-3)9-15(25-18(13)26)23-12-5-4-6-14-17(12)29-8-7-28-14/h4-6,9-11,20H,7-8H2,1-3H3,(H,23,25)(H2,22,24,27). The first-order valence-electron chi connectivity index (χ1n) is 9.35. The number of nitrogens with zero attached hydrogens (tertiary/aromatic N) is 3. The van der Waals surface area contributed by atoms with Crippen LogP contribution < -0.4 is 30.7 Å². The molecular formula is C19H23N7O3. The Balaban J connectivity index is 1.68. The van der Waals surface area contributed by atoms with E-state index in [1.165, 1.54) is 0 Å². The van der Waals surface area contributed by atoms with E-state index in [0.29, 0.717) is 47.7 Å². The Kier molecular flexibility index (Phi) is 4.98. The Morgan fingerprint density at radius 3 is 2.83 bits per heavy atom. The van der Waals surface area contributed by atoms with Gasteiger partial charge in [-0.25, -0.2) is 9.78 Å². The molecule has 4 rings (SSSR count). The molecule has 3 aromatic rings. The molecule has 0 saturated heterocycles. The lowest BCUT2D eigenvalue weighted by Gasteiger charge is -2.21. The number of nitrogens with one attached hydrogen (secondary N) is 4. The zero-order valence-corrected chi connectivity index (χ0v) is 16.4. The van der Waals surface area contributed by atoms with Crippen molar-refractivity contribution in [1.29, 1.82) is 0 Å². The van der Waals surface area contributed by atoms with Crippen LogP contribution in [-0.2, 0) is 0 Å².